The highest BCUT2D eigenvalue weighted by molar-refractivity contribution is 9.10. The summed E-state index contributed by atoms with van der Waals surface area (Å²) in [5.74, 6) is 0.252. The van der Waals surface area contributed by atoms with Crippen LogP contribution in [0.5, 0.6) is 0 Å². The van der Waals surface area contributed by atoms with Gasteiger partial charge < -0.3 is 11.1 Å². The molecule has 21 heavy (non-hydrogen) atoms. The number of amides is 1. The van der Waals surface area contributed by atoms with Crippen molar-refractivity contribution in [3.05, 3.63) is 52.1 Å². The van der Waals surface area contributed by atoms with E-state index in [9.17, 15) is 4.79 Å². The predicted octanol–water partition coefficient (Wildman–Crippen LogP) is 3.98. The van der Waals surface area contributed by atoms with Crippen LogP contribution in [-0.4, -0.2) is 10.9 Å². The SMILES string of the molecule is CC(C)(C)c1ccc(C(=O)Nc2ncc(N)cc2Br)cc1. The van der Waals surface area contributed by atoms with E-state index in [1.165, 1.54) is 11.8 Å². The smallest absolute Gasteiger partial charge is 0.256 e. The lowest BCUT2D eigenvalue weighted by Crippen LogP contribution is -2.15. The Morgan fingerprint density at radius 1 is 1.24 bits per heavy atom. The van der Waals surface area contributed by atoms with Gasteiger partial charge in [-0.25, -0.2) is 4.98 Å². The molecule has 3 N–H and O–H groups in total. The van der Waals surface area contributed by atoms with Crippen molar-refractivity contribution < 1.29 is 4.79 Å². The molecule has 0 aliphatic heterocycles. The van der Waals surface area contributed by atoms with Gasteiger partial charge in [-0.05, 0) is 45.1 Å². The molecule has 2 rings (SSSR count). The number of anilines is 2. The molecular formula is C16H18BrN3O. The second-order valence-corrected chi connectivity index (χ2v) is 6.73. The van der Waals surface area contributed by atoms with Crippen LogP contribution >= 0.6 is 15.9 Å². The van der Waals surface area contributed by atoms with Gasteiger partial charge in [0.15, 0.2) is 0 Å². The van der Waals surface area contributed by atoms with Crippen molar-refractivity contribution in [2.45, 2.75) is 26.2 Å². The summed E-state index contributed by atoms with van der Waals surface area (Å²) in [7, 11) is 0. The second-order valence-electron chi connectivity index (χ2n) is 5.88. The Balaban J connectivity index is 2.17. The van der Waals surface area contributed by atoms with Crippen molar-refractivity contribution in [1.82, 2.24) is 4.98 Å². The molecule has 1 heterocycles. The summed E-state index contributed by atoms with van der Waals surface area (Å²) < 4.78 is 0.655. The summed E-state index contributed by atoms with van der Waals surface area (Å²) in [5.41, 5.74) is 8.00. The molecule has 1 aromatic heterocycles. The van der Waals surface area contributed by atoms with Gasteiger partial charge in [0, 0.05) is 5.56 Å². The number of aromatic nitrogens is 1. The van der Waals surface area contributed by atoms with Crippen LogP contribution in [0.2, 0.25) is 0 Å². The van der Waals surface area contributed by atoms with Crippen LogP contribution in [0, 0.1) is 0 Å². The minimum absolute atomic E-state index is 0.0660. The molecule has 2 aromatic rings. The molecule has 0 unspecified atom stereocenters. The Bertz CT molecular complexity index is 660. The summed E-state index contributed by atoms with van der Waals surface area (Å²) in [6.45, 7) is 6.41. The molecule has 0 aliphatic rings. The van der Waals surface area contributed by atoms with Gasteiger partial charge >= 0.3 is 0 Å². The van der Waals surface area contributed by atoms with Crippen LogP contribution < -0.4 is 11.1 Å². The Kier molecular flexibility index (Phi) is 4.32. The molecule has 5 heteroatoms. The molecule has 0 fully saturated rings. The van der Waals surface area contributed by atoms with Crippen molar-refractivity contribution in [3.63, 3.8) is 0 Å². The lowest BCUT2D eigenvalue weighted by Gasteiger charge is -2.19. The number of carbonyl (C=O) groups is 1. The molecule has 110 valence electrons. The van der Waals surface area contributed by atoms with Crippen LogP contribution in [0.25, 0.3) is 0 Å². The average Bonchev–Trinajstić information content (AvgIpc) is 2.41. The number of nitrogens with zero attached hydrogens (tertiary/aromatic N) is 1. The van der Waals surface area contributed by atoms with Gasteiger partial charge in [-0.15, -0.1) is 0 Å². The summed E-state index contributed by atoms with van der Waals surface area (Å²) in [6, 6.07) is 9.29. The molecule has 0 spiro atoms. The minimum Gasteiger partial charge on any atom is -0.397 e. The number of carbonyl (C=O) groups excluding carboxylic acids is 1. The van der Waals surface area contributed by atoms with E-state index in [1.54, 1.807) is 6.07 Å². The van der Waals surface area contributed by atoms with Gasteiger partial charge in [-0.1, -0.05) is 32.9 Å². The number of rotatable bonds is 2. The molecule has 0 saturated heterocycles. The van der Waals surface area contributed by atoms with Crippen LogP contribution in [0.4, 0.5) is 11.5 Å². The van der Waals surface area contributed by atoms with Gasteiger partial charge in [-0.3, -0.25) is 4.79 Å². The Labute approximate surface area is 132 Å². The standard InChI is InChI=1S/C16H18BrN3O/c1-16(2,3)11-6-4-10(5-7-11)15(21)20-14-13(17)8-12(18)9-19-14/h4-9H,18H2,1-3H3,(H,19,20,21). The monoisotopic (exact) mass is 347 g/mol. The fourth-order valence-electron chi connectivity index (χ4n) is 1.85. The zero-order valence-corrected chi connectivity index (χ0v) is 13.9. The normalized spacial score (nSPS) is 11.2. The molecule has 0 atom stereocenters. The highest BCUT2D eigenvalue weighted by Gasteiger charge is 2.15. The van der Waals surface area contributed by atoms with Crippen molar-refractivity contribution in [3.8, 4) is 0 Å². The quantitative estimate of drug-likeness (QED) is 0.863. The first-order chi connectivity index (χ1) is 9.77. The largest absolute Gasteiger partial charge is 0.397 e. The van der Waals surface area contributed by atoms with Gasteiger partial charge in [0.2, 0.25) is 0 Å². The molecule has 1 amide bonds. The third-order valence-electron chi connectivity index (χ3n) is 3.11. The first-order valence-corrected chi connectivity index (χ1v) is 7.39. The average molecular weight is 348 g/mol. The topological polar surface area (TPSA) is 68.0 Å². The molecule has 0 aliphatic carbocycles. The second kappa shape index (κ2) is 5.85. The maximum atomic E-state index is 12.2. The van der Waals surface area contributed by atoms with E-state index in [0.717, 1.165) is 0 Å². The zero-order valence-electron chi connectivity index (χ0n) is 12.3. The fraction of sp³-hybridized carbons (Fsp3) is 0.250. The van der Waals surface area contributed by atoms with Crippen molar-refractivity contribution in [2.75, 3.05) is 11.1 Å². The zero-order chi connectivity index (χ0) is 15.6. The number of benzene rings is 1. The fourth-order valence-corrected chi connectivity index (χ4v) is 2.31. The van der Waals surface area contributed by atoms with E-state index >= 15 is 0 Å². The first kappa shape index (κ1) is 15.5. The van der Waals surface area contributed by atoms with E-state index in [1.807, 2.05) is 24.3 Å². The summed E-state index contributed by atoms with van der Waals surface area (Å²) in [6.07, 6.45) is 1.50. The minimum atomic E-state index is -0.201. The third-order valence-corrected chi connectivity index (χ3v) is 3.71. The van der Waals surface area contributed by atoms with Gasteiger partial charge in [0.1, 0.15) is 5.82 Å². The Hall–Kier alpha value is -1.88. The number of hydrogen-bond donors (Lipinski definition) is 2. The molecule has 1 aromatic carbocycles. The van der Waals surface area contributed by atoms with Crippen molar-refractivity contribution >= 4 is 33.3 Å². The Morgan fingerprint density at radius 3 is 2.38 bits per heavy atom. The number of nitrogen functional groups attached to an aromatic ring is 1. The maximum absolute atomic E-state index is 12.2. The van der Waals surface area contributed by atoms with E-state index in [0.29, 0.717) is 21.5 Å². The van der Waals surface area contributed by atoms with Crippen molar-refractivity contribution in [2.24, 2.45) is 0 Å². The molecule has 0 saturated carbocycles. The third kappa shape index (κ3) is 3.82. The van der Waals surface area contributed by atoms with Gasteiger partial charge in [-0.2, -0.15) is 0 Å². The number of nitrogens with two attached hydrogens (primary N) is 1. The number of hydrogen-bond acceptors (Lipinski definition) is 3. The van der Waals surface area contributed by atoms with Gasteiger partial charge in [0.25, 0.3) is 5.91 Å². The molecule has 4 nitrogen and oxygen atoms in total. The lowest BCUT2D eigenvalue weighted by atomic mass is 9.87. The predicted molar refractivity (Wildman–Crippen MR) is 89.4 cm³/mol. The maximum Gasteiger partial charge on any atom is 0.256 e. The molecule has 0 bridgehead atoms. The van der Waals surface area contributed by atoms with E-state index < -0.39 is 0 Å². The number of pyridine rings is 1. The van der Waals surface area contributed by atoms with Crippen LogP contribution in [0.15, 0.2) is 41.0 Å². The summed E-state index contributed by atoms with van der Waals surface area (Å²) in [4.78, 5) is 16.3. The van der Waals surface area contributed by atoms with Crippen LogP contribution in [0.3, 0.4) is 0 Å². The first-order valence-electron chi connectivity index (χ1n) is 6.60. The lowest BCUT2D eigenvalue weighted by molar-refractivity contribution is 0.102. The highest BCUT2D eigenvalue weighted by atomic mass is 79.9. The number of nitrogens with one attached hydrogen (secondary N) is 1. The van der Waals surface area contributed by atoms with Crippen LogP contribution in [-0.2, 0) is 5.41 Å². The van der Waals surface area contributed by atoms with Crippen LogP contribution in [0.1, 0.15) is 36.7 Å². The number of halogens is 1. The van der Waals surface area contributed by atoms with E-state index in [-0.39, 0.29) is 11.3 Å². The van der Waals surface area contributed by atoms with E-state index in [4.69, 9.17) is 5.73 Å². The molecular weight excluding hydrogens is 330 g/mol. The summed E-state index contributed by atoms with van der Waals surface area (Å²) in [5, 5.41) is 2.76. The van der Waals surface area contributed by atoms with Crippen molar-refractivity contribution in [1.29, 1.82) is 0 Å². The Morgan fingerprint density at radius 2 is 1.86 bits per heavy atom. The van der Waals surface area contributed by atoms with E-state index in [2.05, 4.69) is 47.0 Å². The highest BCUT2D eigenvalue weighted by Crippen LogP contribution is 2.24. The molecule has 0 radical (unpaired) electrons. The van der Waals surface area contributed by atoms with Gasteiger partial charge in [0.05, 0.1) is 16.4 Å². The summed E-state index contributed by atoms with van der Waals surface area (Å²) >= 11 is 3.33.